The Balaban J connectivity index is 2.00. The van der Waals surface area contributed by atoms with Gasteiger partial charge in [0.05, 0.1) is 5.52 Å². The number of hydrogen-bond donors (Lipinski definition) is 2. The molecule has 0 atom stereocenters. The Bertz CT molecular complexity index is 620. The standard InChI is InChI=1S/C14H21N3O2/c1-14(2,15)9-16-7-6-10-4-5-11-12(8-10)19-13(18)17(11)3/h4-5,8,16H,6-7,9,15H2,1-3H3. The molecule has 0 aliphatic rings. The van der Waals surface area contributed by atoms with E-state index in [0.29, 0.717) is 5.58 Å². The van der Waals surface area contributed by atoms with Crippen LogP contribution in [-0.4, -0.2) is 23.2 Å². The third-order valence-electron chi connectivity index (χ3n) is 3.03. The maximum atomic E-state index is 11.4. The predicted molar refractivity (Wildman–Crippen MR) is 76.3 cm³/mol. The average molecular weight is 263 g/mol. The summed E-state index contributed by atoms with van der Waals surface area (Å²) in [5, 5.41) is 3.32. The highest BCUT2D eigenvalue weighted by Crippen LogP contribution is 2.14. The summed E-state index contributed by atoms with van der Waals surface area (Å²) in [4.78, 5) is 11.4. The van der Waals surface area contributed by atoms with Gasteiger partial charge in [-0.05, 0) is 44.5 Å². The molecule has 0 radical (unpaired) electrons. The second kappa shape index (κ2) is 5.19. The minimum Gasteiger partial charge on any atom is -0.408 e. The van der Waals surface area contributed by atoms with E-state index in [0.717, 1.165) is 30.6 Å². The number of aryl methyl sites for hydroxylation is 1. The van der Waals surface area contributed by atoms with Gasteiger partial charge in [0.2, 0.25) is 0 Å². The molecular weight excluding hydrogens is 242 g/mol. The van der Waals surface area contributed by atoms with E-state index in [1.54, 1.807) is 7.05 Å². The van der Waals surface area contributed by atoms with Crippen LogP contribution in [0.3, 0.4) is 0 Å². The first-order valence-corrected chi connectivity index (χ1v) is 6.45. The summed E-state index contributed by atoms with van der Waals surface area (Å²) in [6.45, 7) is 5.61. The number of nitrogens with zero attached hydrogens (tertiary/aromatic N) is 1. The summed E-state index contributed by atoms with van der Waals surface area (Å²) in [5.41, 5.74) is 8.30. The summed E-state index contributed by atoms with van der Waals surface area (Å²) in [7, 11) is 1.71. The van der Waals surface area contributed by atoms with E-state index in [-0.39, 0.29) is 11.3 Å². The first kappa shape index (κ1) is 13.8. The lowest BCUT2D eigenvalue weighted by Crippen LogP contribution is -2.43. The lowest BCUT2D eigenvalue weighted by molar-refractivity contribution is 0.469. The largest absolute Gasteiger partial charge is 0.419 e. The highest BCUT2D eigenvalue weighted by molar-refractivity contribution is 5.73. The number of oxazole rings is 1. The van der Waals surface area contributed by atoms with Gasteiger partial charge >= 0.3 is 5.76 Å². The predicted octanol–water partition coefficient (Wildman–Crippen LogP) is 1.00. The van der Waals surface area contributed by atoms with Crippen molar-refractivity contribution in [1.29, 1.82) is 0 Å². The molecule has 104 valence electrons. The SMILES string of the molecule is Cn1c(=O)oc2cc(CCNCC(C)(C)N)ccc21. The van der Waals surface area contributed by atoms with Crippen molar-refractivity contribution < 1.29 is 4.42 Å². The van der Waals surface area contributed by atoms with E-state index in [1.165, 1.54) is 4.57 Å². The minimum absolute atomic E-state index is 0.198. The van der Waals surface area contributed by atoms with Crippen LogP contribution in [0.1, 0.15) is 19.4 Å². The zero-order valence-corrected chi connectivity index (χ0v) is 11.7. The first-order chi connectivity index (χ1) is 8.87. The van der Waals surface area contributed by atoms with Gasteiger partial charge in [-0.3, -0.25) is 4.57 Å². The van der Waals surface area contributed by atoms with Gasteiger partial charge in [-0.15, -0.1) is 0 Å². The molecule has 0 spiro atoms. The first-order valence-electron chi connectivity index (χ1n) is 6.45. The third kappa shape index (κ3) is 3.45. The summed E-state index contributed by atoms with van der Waals surface area (Å²) in [5.74, 6) is -0.324. The zero-order chi connectivity index (χ0) is 14.0. The molecule has 0 amide bonds. The van der Waals surface area contributed by atoms with Crippen LogP contribution in [0.5, 0.6) is 0 Å². The molecule has 5 heteroatoms. The van der Waals surface area contributed by atoms with Crippen LogP contribution in [0.25, 0.3) is 11.1 Å². The number of hydrogen-bond acceptors (Lipinski definition) is 4. The quantitative estimate of drug-likeness (QED) is 0.789. The Labute approximate surface area is 112 Å². The fraction of sp³-hybridized carbons (Fsp3) is 0.500. The van der Waals surface area contributed by atoms with E-state index in [4.69, 9.17) is 10.2 Å². The molecule has 0 bridgehead atoms. The molecule has 1 aromatic heterocycles. The van der Waals surface area contributed by atoms with Crippen LogP contribution < -0.4 is 16.8 Å². The fourth-order valence-corrected chi connectivity index (χ4v) is 1.98. The van der Waals surface area contributed by atoms with E-state index >= 15 is 0 Å². The normalized spacial score (nSPS) is 12.2. The van der Waals surface area contributed by atoms with Crippen LogP contribution in [0.15, 0.2) is 27.4 Å². The molecule has 5 nitrogen and oxygen atoms in total. The summed E-state index contributed by atoms with van der Waals surface area (Å²) >= 11 is 0. The Hall–Kier alpha value is -1.59. The topological polar surface area (TPSA) is 73.2 Å². The third-order valence-corrected chi connectivity index (χ3v) is 3.03. The van der Waals surface area contributed by atoms with E-state index in [1.807, 2.05) is 32.0 Å². The Morgan fingerprint density at radius 1 is 1.42 bits per heavy atom. The summed E-state index contributed by atoms with van der Waals surface area (Å²) < 4.78 is 6.68. The molecular formula is C14H21N3O2. The van der Waals surface area contributed by atoms with Gasteiger partial charge in [-0.2, -0.15) is 0 Å². The van der Waals surface area contributed by atoms with Gasteiger partial charge in [0.15, 0.2) is 5.58 Å². The number of rotatable bonds is 5. The molecule has 2 aromatic rings. The van der Waals surface area contributed by atoms with Crippen molar-refractivity contribution in [3.8, 4) is 0 Å². The van der Waals surface area contributed by atoms with Crippen molar-refractivity contribution in [2.24, 2.45) is 12.8 Å². The van der Waals surface area contributed by atoms with Gasteiger partial charge in [-0.25, -0.2) is 4.79 Å². The molecule has 1 aromatic carbocycles. The highest BCUT2D eigenvalue weighted by Gasteiger charge is 2.09. The monoisotopic (exact) mass is 263 g/mol. The van der Waals surface area contributed by atoms with Crippen molar-refractivity contribution in [2.75, 3.05) is 13.1 Å². The number of fused-ring (bicyclic) bond motifs is 1. The van der Waals surface area contributed by atoms with Crippen molar-refractivity contribution in [3.63, 3.8) is 0 Å². The fourth-order valence-electron chi connectivity index (χ4n) is 1.98. The molecule has 0 saturated carbocycles. The maximum absolute atomic E-state index is 11.4. The second-order valence-electron chi connectivity index (χ2n) is 5.64. The lowest BCUT2D eigenvalue weighted by Gasteiger charge is -2.18. The average Bonchev–Trinajstić information content (AvgIpc) is 2.59. The smallest absolute Gasteiger partial charge is 0.408 e. The van der Waals surface area contributed by atoms with Crippen molar-refractivity contribution in [1.82, 2.24) is 9.88 Å². The van der Waals surface area contributed by atoms with E-state index < -0.39 is 0 Å². The van der Waals surface area contributed by atoms with E-state index in [9.17, 15) is 4.79 Å². The highest BCUT2D eigenvalue weighted by atomic mass is 16.4. The molecule has 19 heavy (non-hydrogen) atoms. The molecule has 3 N–H and O–H groups in total. The van der Waals surface area contributed by atoms with Crippen LogP contribution in [0.2, 0.25) is 0 Å². The molecule has 0 saturated heterocycles. The van der Waals surface area contributed by atoms with E-state index in [2.05, 4.69) is 5.32 Å². The number of nitrogens with one attached hydrogen (secondary N) is 1. The molecule has 2 rings (SSSR count). The van der Waals surface area contributed by atoms with Crippen LogP contribution in [0, 0.1) is 0 Å². The van der Waals surface area contributed by atoms with Crippen molar-refractivity contribution >= 4 is 11.1 Å². The lowest BCUT2D eigenvalue weighted by atomic mass is 10.1. The molecule has 0 aliphatic carbocycles. The Morgan fingerprint density at radius 2 is 2.16 bits per heavy atom. The maximum Gasteiger partial charge on any atom is 0.419 e. The summed E-state index contributed by atoms with van der Waals surface area (Å²) in [6.07, 6.45) is 0.880. The van der Waals surface area contributed by atoms with Crippen LogP contribution in [0.4, 0.5) is 0 Å². The molecule has 0 fully saturated rings. The van der Waals surface area contributed by atoms with Crippen molar-refractivity contribution in [2.45, 2.75) is 25.8 Å². The summed E-state index contributed by atoms with van der Waals surface area (Å²) in [6, 6.07) is 5.86. The van der Waals surface area contributed by atoms with Crippen molar-refractivity contribution in [3.05, 3.63) is 34.3 Å². The molecule has 0 aliphatic heterocycles. The number of benzene rings is 1. The van der Waals surface area contributed by atoms with Gasteiger partial charge in [0.1, 0.15) is 0 Å². The molecule has 0 unspecified atom stereocenters. The minimum atomic E-state index is -0.324. The number of nitrogens with two attached hydrogens (primary N) is 1. The van der Waals surface area contributed by atoms with Gasteiger partial charge in [0, 0.05) is 19.1 Å². The zero-order valence-electron chi connectivity index (χ0n) is 11.7. The molecule has 1 heterocycles. The van der Waals surface area contributed by atoms with Gasteiger partial charge in [-0.1, -0.05) is 6.07 Å². The van der Waals surface area contributed by atoms with Gasteiger partial charge < -0.3 is 15.5 Å². The Morgan fingerprint density at radius 3 is 2.84 bits per heavy atom. The number of aromatic nitrogens is 1. The van der Waals surface area contributed by atoms with Crippen LogP contribution >= 0.6 is 0 Å². The second-order valence-corrected chi connectivity index (χ2v) is 5.64. The van der Waals surface area contributed by atoms with Gasteiger partial charge in [0.25, 0.3) is 0 Å². The van der Waals surface area contributed by atoms with Crippen LogP contribution in [-0.2, 0) is 13.5 Å². The Kier molecular flexibility index (Phi) is 3.78.